The Bertz CT molecular complexity index is 599. The summed E-state index contributed by atoms with van der Waals surface area (Å²) in [5.41, 5.74) is 2.04. The summed E-state index contributed by atoms with van der Waals surface area (Å²) in [6.45, 7) is 2.58. The maximum absolute atomic E-state index is 9.50. The average molecular weight is 324 g/mol. The van der Waals surface area contributed by atoms with Crippen LogP contribution in [0, 0.1) is 6.92 Å². The highest BCUT2D eigenvalue weighted by Gasteiger charge is 2.28. The number of nitrogens with zero attached hydrogens (tertiary/aromatic N) is 2. The van der Waals surface area contributed by atoms with Crippen molar-refractivity contribution in [2.75, 3.05) is 6.54 Å². The van der Waals surface area contributed by atoms with Gasteiger partial charge in [-0.25, -0.2) is 0 Å². The normalized spacial score (nSPS) is 22.9. The number of nitrogens with one attached hydrogen (secondary N) is 1. The van der Waals surface area contributed by atoms with Gasteiger partial charge in [0.2, 0.25) is 11.7 Å². The molecule has 19 heavy (non-hydrogen) atoms. The molecule has 2 N–H and O–H groups in total. The molecule has 1 aromatic carbocycles. The number of hydrogen-bond acceptors (Lipinski definition) is 5. The van der Waals surface area contributed by atoms with Crippen LogP contribution in [-0.2, 0) is 0 Å². The van der Waals surface area contributed by atoms with Gasteiger partial charge in [-0.1, -0.05) is 21.1 Å². The van der Waals surface area contributed by atoms with E-state index in [9.17, 15) is 5.11 Å². The fourth-order valence-corrected chi connectivity index (χ4v) is 2.74. The SMILES string of the molecule is Cc1cc(Br)ccc1-c1noc([C@H]2C[C@H](O)CN2)n1. The molecule has 0 unspecified atom stereocenters. The quantitative estimate of drug-likeness (QED) is 0.886. The molecule has 2 atom stereocenters. The van der Waals surface area contributed by atoms with Gasteiger partial charge >= 0.3 is 0 Å². The van der Waals surface area contributed by atoms with E-state index >= 15 is 0 Å². The van der Waals surface area contributed by atoms with Gasteiger partial charge in [0.1, 0.15) is 0 Å². The first kappa shape index (κ1) is 12.8. The molecule has 2 heterocycles. The third-order valence-corrected chi connectivity index (χ3v) is 3.77. The third kappa shape index (κ3) is 2.56. The molecule has 0 bridgehead atoms. The molecular weight excluding hydrogens is 310 g/mol. The van der Waals surface area contributed by atoms with Crippen LogP contribution in [0.1, 0.15) is 23.9 Å². The number of β-amino-alcohol motifs (C(OH)–C–C–N with tert-alkyl or cyclic N) is 1. The first-order valence-electron chi connectivity index (χ1n) is 6.15. The zero-order valence-electron chi connectivity index (χ0n) is 10.4. The number of aliphatic hydroxyl groups excluding tert-OH is 1. The predicted molar refractivity (Wildman–Crippen MR) is 73.5 cm³/mol. The fraction of sp³-hybridized carbons (Fsp3) is 0.385. The van der Waals surface area contributed by atoms with Crippen molar-refractivity contribution >= 4 is 15.9 Å². The minimum atomic E-state index is -0.338. The van der Waals surface area contributed by atoms with Gasteiger partial charge in [0.15, 0.2) is 0 Å². The van der Waals surface area contributed by atoms with Gasteiger partial charge in [-0.2, -0.15) is 4.98 Å². The fourth-order valence-electron chi connectivity index (χ4n) is 2.27. The number of benzene rings is 1. The van der Waals surface area contributed by atoms with Crippen molar-refractivity contribution < 1.29 is 9.63 Å². The maximum atomic E-state index is 9.50. The molecule has 1 saturated heterocycles. The summed E-state index contributed by atoms with van der Waals surface area (Å²) >= 11 is 3.43. The molecule has 1 aliphatic heterocycles. The molecule has 100 valence electrons. The van der Waals surface area contributed by atoms with Crippen molar-refractivity contribution in [2.45, 2.75) is 25.5 Å². The standard InChI is InChI=1S/C13H14BrN3O2/c1-7-4-8(14)2-3-10(7)12-16-13(19-17-12)11-5-9(18)6-15-11/h2-4,9,11,15,18H,5-6H2,1H3/t9-,11+/m0/s1. The van der Waals surface area contributed by atoms with Crippen molar-refractivity contribution in [1.29, 1.82) is 0 Å². The number of halogens is 1. The molecule has 0 saturated carbocycles. The molecule has 2 aromatic rings. The number of hydrogen-bond donors (Lipinski definition) is 2. The highest BCUT2D eigenvalue weighted by atomic mass is 79.9. The molecular formula is C13H14BrN3O2. The van der Waals surface area contributed by atoms with Gasteiger partial charge in [-0.05, 0) is 37.1 Å². The molecule has 3 rings (SSSR count). The van der Waals surface area contributed by atoms with E-state index < -0.39 is 0 Å². The molecule has 5 nitrogen and oxygen atoms in total. The van der Waals surface area contributed by atoms with Gasteiger partial charge in [-0.3, -0.25) is 0 Å². The van der Waals surface area contributed by atoms with Crippen LogP contribution in [-0.4, -0.2) is 27.9 Å². The Morgan fingerprint density at radius 1 is 1.47 bits per heavy atom. The minimum Gasteiger partial charge on any atom is -0.392 e. The molecule has 0 amide bonds. The maximum Gasteiger partial charge on any atom is 0.244 e. The lowest BCUT2D eigenvalue weighted by Crippen LogP contribution is -2.15. The van der Waals surface area contributed by atoms with Crippen LogP contribution < -0.4 is 5.32 Å². The monoisotopic (exact) mass is 323 g/mol. The second kappa shape index (κ2) is 5.03. The van der Waals surface area contributed by atoms with E-state index in [-0.39, 0.29) is 12.1 Å². The summed E-state index contributed by atoms with van der Waals surface area (Å²) in [5.74, 6) is 1.12. The average Bonchev–Trinajstić information content (AvgIpc) is 2.97. The van der Waals surface area contributed by atoms with Gasteiger partial charge in [0, 0.05) is 16.6 Å². The van der Waals surface area contributed by atoms with Gasteiger partial charge in [0.05, 0.1) is 12.1 Å². The molecule has 0 radical (unpaired) electrons. The molecule has 6 heteroatoms. The Hall–Kier alpha value is -1.24. The van der Waals surface area contributed by atoms with Crippen molar-refractivity contribution in [3.63, 3.8) is 0 Å². The second-order valence-electron chi connectivity index (χ2n) is 4.77. The highest BCUT2D eigenvalue weighted by molar-refractivity contribution is 9.10. The third-order valence-electron chi connectivity index (χ3n) is 3.28. The van der Waals surface area contributed by atoms with Crippen molar-refractivity contribution in [1.82, 2.24) is 15.5 Å². The van der Waals surface area contributed by atoms with E-state index in [0.29, 0.717) is 24.7 Å². The topological polar surface area (TPSA) is 71.2 Å². The lowest BCUT2D eigenvalue weighted by atomic mass is 10.1. The van der Waals surface area contributed by atoms with Crippen LogP contribution in [0.15, 0.2) is 27.2 Å². The molecule has 1 fully saturated rings. The van der Waals surface area contributed by atoms with Gasteiger partial charge < -0.3 is 14.9 Å². The van der Waals surface area contributed by atoms with Gasteiger partial charge in [-0.15, -0.1) is 0 Å². The van der Waals surface area contributed by atoms with Crippen LogP contribution in [0.2, 0.25) is 0 Å². The smallest absolute Gasteiger partial charge is 0.244 e. The van der Waals surface area contributed by atoms with Crippen molar-refractivity contribution in [2.24, 2.45) is 0 Å². The van der Waals surface area contributed by atoms with E-state index in [0.717, 1.165) is 15.6 Å². The molecule has 1 aromatic heterocycles. The summed E-state index contributed by atoms with van der Waals surface area (Å²) in [6, 6.07) is 5.89. The summed E-state index contributed by atoms with van der Waals surface area (Å²) in [6.07, 6.45) is 0.274. The van der Waals surface area contributed by atoms with E-state index in [1.807, 2.05) is 25.1 Å². The Morgan fingerprint density at radius 2 is 2.32 bits per heavy atom. The van der Waals surface area contributed by atoms with E-state index in [4.69, 9.17) is 4.52 Å². The highest BCUT2D eigenvalue weighted by Crippen LogP contribution is 2.27. The van der Waals surface area contributed by atoms with E-state index in [1.54, 1.807) is 0 Å². The first-order chi connectivity index (χ1) is 9.13. The number of aliphatic hydroxyl groups is 1. The second-order valence-corrected chi connectivity index (χ2v) is 5.68. The summed E-state index contributed by atoms with van der Waals surface area (Å²) in [4.78, 5) is 4.42. The van der Waals surface area contributed by atoms with E-state index in [2.05, 4.69) is 31.4 Å². The van der Waals surface area contributed by atoms with Crippen LogP contribution in [0.3, 0.4) is 0 Å². The Kier molecular flexibility index (Phi) is 3.38. The van der Waals surface area contributed by atoms with Crippen LogP contribution in [0.5, 0.6) is 0 Å². The Morgan fingerprint density at radius 3 is 3.00 bits per heavy atom. The summed E-state index contributed by atoms with van der Waals surface area (Å²) < 4.78 is 6.32. The van der Waals surface area contributed by atoms with Crippen molar-refractivity contribution in [3.05, 3.63) is 34.1 Å². The van der Waals surface area contributed by atoms with Crippen molar-refractivity contribution in [3.8, 4) is 11.4 Å². The van der Waals surface area contributed by atoms with Crippen LogP contribution in [0.25, 0.3) is 11.4 Å². The zero-order chi connectivity index (χ0) is 13.4. The lowest BCUT2D eigenvalue weighted by Gasteiger charge is -2.02. The van der Waals surface area contributed by atoms with Crippen LogP contribution >= 0.6 is 15.9 Å². The predicted octanol–water partition coefficient (Wildman–Crippen LogP) is 2.20. The number of aryl methyl sites for hydroxylation is 1. The van der Waals surface area contributed by atoms with E-state index in [1.165, 1.54) is 0 Å². The Labute approximate surface area is 119 Å². The van der Waals surface area contributed by atoms with Gasteiger partial charge in [0.25, 0.3) is 0 Å². The number of rotatable bonds is 2. The number of aromatic nitrogens is 2. The Balaban J connectivity index is 1.88. The molecule has 0 spiro atoms. The molecule has 0 aliphatic carbocycles. The minimum absolute atomic E-state index is 0.0491. The zero-order valence-corrected chi connectivity index (χ0v) is 12.0. The lowest BCUT2D eigenvalue weighted by molar-refractivity contribution is 0.191. The molecule has 1 aliphatic rings. The first-order valence-corrected chi connectivity index (χ1v) is 6.94. The summed E-state index contributed by atoms with van der Waals surface area (Å²) in [5, 5.41) is 16.7. The van der Waals surface area contributed by atoms with Crippen LogP contribution in [0.4, 0.5) is 0 Å². The summed E-state index contributed by atoms with van der Waals surface area (Å²) in [7, 11) is 0. The largest absolute Gasteiger partial charge is 0.392 e.